The first-order valence-electron chi connectivity index (χ1n) is 6.45. The van der Waals surface area contributed by atoms with Gasteiger partial charge in [0.1, 0.15) is 5.60 Å². The monoisotopic (exact) mass is 354 g/mol. The van der Waals surface area contributed by atoms with Crippen molar-refractivity contribution in [3.8, 4) is 0 Å². The first kappa shape index (κ1) is 17.4. The average molecular weight is 355 g/mol. The van der Waals surface area contributed by atoms with E-state index in [9.17, 15) is 9.59 Å². The third-order valence-corrected chi connectivity index (χ3v) is 2.91. The van der Waals surface area contributed by atoms with Crippen molar-refractivity contribution in [3.63, 3.8) is 0 Å². The van der Waals surface area contributed by atoms with Gasteiger partial charge in [0, 0.05) is 11.4 Å². The molecule has 0 spiro atoms. The highest BCUT2D eigenvalue weighted by Crippen LogP contribution is 2.29. The smallest absolute Gasteiger partial charge is 0.338 e. The molecule has 0 aliphatic heterocycles. The van der Waals surface area contributed by atoms with E-state index in [-0.39, 0.29) is 5.57 Å². The largest absolute Gasteiger partial charge is 0.457 e. The SMILES string of the molecule is C=C(C(=O)OC(C)(C)C)C(OC(C)=O)c1cccc(Br)c1. The minimum atomic E-state index is -0.866. The molecule has 4 nitrogen and oxygen atoms in total. The van der Waals surface area contributed by atoms with Gasteiger partial charge >= 0.3 is 11.9 Å². The van der Waals surface area contributed by atoms with Gasteiger partial charge < -0.3 is 9.47 Å². The molecule has 1 rings (SSSR count). The summed E-state index contributed by atoms with van der Waals surface area (Å²) in [6.45, 7) is 10.3. The van der Waals surface area contributed by atoms with Crippen LogP contribution in [0.1, 0.15) is 39.4 Å². The Morgan fingerprint density at radius 2 is 1.90 bits per heavy atom. The van der Waals surface area contributed by atoms with Crippen LogP contribution in [0.5, 0.6) is 0 Å². The molecule has 0 bridgehead atoms. The molecule has 0 radical (unpaired) electrons. The minimum Gasteiger partial charge on any atom is -0.457 e. The topological polar surface area (TPSA) is 52.6 Å². The van der Waals surface area contributed by atoms with Gasteiger partial charge in [-0.2, -0.15) is 0 Å². The Hall–Kier alpha value is -1.62. The lowest BCUT2D eigenvalue weighted by Gasteiger charge is -2.24. The van der Waals surface area contributed by atoms with Crippen molar-refractivity contribution in [3.05, 3.63) is 46.5 Å². The minimum absolute atomic E-state index is 0.0817. The van der Waals surface area contributed by atoms with Crippen molar-refractivity contribution in [2.75, 3.05) is 0 Å². The number of benzene rings is 1. The van der Waals surface area contributed by atoms with Crippen molar-refractivity contribution in [1.82, 2.24) is 0 Å². The van der Waals surface area contributed by atoms with Gasteiger partial charge in [-0.25, -0.2) is 4.79 Å². The summed E-state index contributed by atoms with van der Waals surface area (Å²) in [5.41, 5.74) is 0.0894. The molecular formula is C16H19BrO4. The molecule has 1 aromatic rings. The van der Waals surface area contributed by atoms with Crippen LogP contribution in [-0.2, 0) is 19.1 Å². The molecule has 0 saturated heterocycles. The van der Waals surface area contributed by atoms with Crippen LogP contribution >= 0.6 is 15.9 Å². The maximum atomic E-state index is 12.1. The van der Waals surface area contributed by atoms with Crippen LogP contribution in [0.25, 0.3) is 0 Å². The Balaban J connectivity index is 3.05. The summed E-state index contributed by atoms with van der Waals surface area (Å²) in [6.07, 6.45) is -0.866. The quantitative estimate of drug-likeness (QED) is 0.606. The number of hydrogen-bond acceptors (Lipinski definition) is 4. The molecule has 0 aliphatic carbocycles. The molecule has 21 heavy (non-hydrogen) atoms. The molecule has 0 N–H and O–H groups in total. The van der Waals surface area contributed by atoms with Crippen LogP contribution < -0.4 is 0 Å². The van der Waals surface area contributed by atoms with Crippen molar-refractivity contribution in [2.24, 2.45) is 0 Å². The fraction of sp³-hybridized carbons (Fsp3) is 0.375. The van der Waals surface area contributed by atoms with E-state index in [4.69, 9.17) is 9.47 Å². The van der Waals surface area contributed by atoms with Crippen molar-refractivity contribution >= 4 is 27.9 Å². The number of esters is 2. The van der Waals surface area contributed by atoms with Crippen molar-refractivity contribution in [2.45, 2.75) is 39.4 Å². The van der Waals surface area contributed by atoms with Gasteiger partial charge in [0.2, 0.25) is 0 Å². The van der Waals surface area contributed by atoms with E-state index < -0.39 is 23.6 Å². The van der Waals surface area contributed by atoms with Crippen LogP contribution in [0.2, 0.25) is 0 Å². The highest BCUT2D eigenvalue weighted by molar-refractivity contribution is 9.10. The predicted octanol–water partition coefficient (Wildman–Crippen LogP) is 3.95. The first-order chi connectivity index (χ1) is 9.60. The van der Waals surface area contributed by atoms with Gasteiger partial charge in [0.25, 0.3) is 0 Å². The van der Waals surface area contributed by atoms with Gasteiger partial charge in [-0.1, -0.05) is 34.6 Å². The van der Waals surface area contributed by atoms with E-state index >= 15 is 0 Å². The molecule has 0 fully saturated rings. The molecule has 1 atom stereocenters. The highest BCUT2D eigenvalue weighted by Gasteiger charge is 2.28. The lowest BCUT2D eigenvalue weighted by Crippen LogP contribution is -2.27. The summed E-state index contributed by atoms with van der Waals surface area (Å²) in [4.78, 5) is 23.4. The summed E-state index contributed by atoms with van der Waals surface area (Å²) in [7, 11) is 0. The number of carbonyl (C=O) groups excluding carboxylic acids is 2. The van der Waals surface area contributed by atoms with Crippen LogP contribution in [-0.4, -0.2) is 17.5 Å². The second-order valence-corrected chi connectivity index (χ2v) is 6.49. The summed E-state index contributed by atoms with van der Waals surface area (Å²) in [6, 6.07) is 7.15. The van der Waals surface area contributed by atoms with Gasteiger partial charge in [-0.15, -0.1) is 0 Å². The zero-order valence-electron chi connectivity index (χ0n) is 12.6. The van der Waals surface area contributed by atoms with Crippen LogP contribution in [0.3, 0.4) is 0 Å². The third-order valence-electron chi connectivity index (χ3n) is 2.41. The van der Waals surface area contributed by atoms with E-state index in [0.717, 1.165) is 4.47 Å². The molecule has 0 saturated carbocycles. The van der Waals surface area contributed by atoms with Gasteiger partial charge in [0.05, 0.1) is 5.57 Å². The number of carbonyl (C=O) groups is 2. The van der Waals surface area contributed by atoms with Crippen molar-refractivity contribution in [1.29, 1.82) is 0 Å². The van der Waals surface area contributed by atoms with E-state index in [0.29, 0.717) is 5.56 Å². The van der Waals surface area contributed by atoms with Crippen LogP contribution in [0.4, 0.5) is 0 Å². The van der Waals surface area contributed by atoms with Crippen LogP contribution in [0.15, 0.2) is 40.9 Å². The molecule has 0 amide bonds. The molecule has 1 aromatic carbocycles. The fourth-order valence-corrected chi connectivity index (χ4v) is 2.04. The molecule has 0 aromatic heterocycles. The van der Waals surface area contributed by atoms with Crippen LogP contribution in [0, 0.1) is 0 Å². The number of rotatable bonds is 4. The van der Waals surface area contributed by atoms with E-state index in [1.54, 1.807) is 39.0 Å². The average Bonchev–Trinajstić information content (AvgIpc) is 2.32. The fourth-order valence-electron chi connectivity index (χ4n) is 1.63. The zero-order chi connectivity index (χ0) is 16.2. The summed E-state index contributed by atoms with van der Waals surface area (Å²) >= 11 is 3.35. The van der Waals surface area contributed by atoms with Gasteiger partial charge in [-0.05, 0) is 38.5 Å². The molecule has 0 aliphatic rings. The Morgan fingerprint density at radius 1 is 1.29 bits per heavy atom. The summed E-state index contributed by atoms with van der Waals surface area (Å²) in [5, 5.41) is 0. The number of halogens is 1. The van der Waals surface area contributed by atoms with E-state index in [2.05, 4.69) is 22.5 Å². The number of hydrogen-bond donors (Lipinski definition) is 0. The predicted molar refractivity (Wildman–Crippen MR) is 83.6 cm³/mol. The summed E-state index contributed by atoms with van der Waals surface area (Å²) < 4.78 is 11.3. The second-order valence-electron chi connectivity index (χ2n) is 5.57. The Labute approximate surface area is 133 Å². The maximum absolute atomic E-state index is 12.1. The van der Waals surface area contributed by atoms with E-state index in [1.807, 2.05) is 6.07 Å². The highest BCUT2D eigenvalue weighted by atomic mass is 79.9. The summed E-state index contributed by atoms with van der Waals surface area (Å²) in [5.74, 6) is -1.08. The van der Waals surface area contributed by atoms with Crippen molar-refractivity contribution < 1.29 is 19.1 Å². The molecule has 0 heterocycles. The second kappa shape index (κ2) is 6.89. The van der Waals surface area contributed by atoms with Gasteiger partial charge in [-0.3, -0.25) is 4.79 Å². The lowest BCUT2D eigenvalue weighted by molar-refractivity contribution is -0.153. The maximum Gasteiger partial charge on any atom is 0.338 e. The Bertz CT molecular complexity index is 558. The standard InChI is InChI=1S/C16H19BrO4/c1-10(15(19)21-16(3,4)5)14(20-11(2)18)12-7-6-8-13(17)9-12/h6-9,14H,1H2,2-5H3. The van der Waals surface area contributed by atoms with Gasteiger partial charge in [0.15, 0.2) is 6.10 Å². The molecule has 5 heteroatoms. The third kappa shape index (κ3) is 5.71. The Kier molecular flexibility index (Phi) is 5.72. The number of ether oxygens (including phenoxy) is 2. The normalized spacial score (nSPS) is 12.4. The Morgan fingerprint density at radius 3 is 2.38 bits per heavy atom. The first-order valence-corrected chi connectivity index (χ1v) is 7.24. The van der Waals surface area contributed by atoms with E-state index in [1.165, 1.54) is 6.92 Å². The molecule has 114 valence electrons. The zero-order valence-corrected chi connectivity index (χ0v) is 14.2. The molecular weight excluding hydrogens is 336 g/mol. The molecule has 1 unspecified atom stereocenters. The lowest BCUT2D eigenvalue weighted by atomic mass is 10.0.